The van der Waals surface area contributed by atoms with E-state index in [1.54, 1.807) is 6.08 Å². The Morgan fingerprint density at radius 1 is 1.04 bits per heavy atom. The Bertz CT molecular complexity index is 758. The van der Waals surface area contributed by atoms with Gasteiger partial charge in [0.25, 0.3) is 0 Å². The minimum atomic E-state index is -0.214. The van der Waals surface area contributed by atoms with Crippen LogP contribution in [0.4, 0.5) is 0 Å². The van der Waals surface area contributed by atoms with E-state index in [0.29, 0.717) is 24.5 Å². The number of carbonyl (C=O) groups excluding carboxylic acids is 2. The molecule has 0 saturated heterocycles. The second-order valence-corrected chi connectivity index (χ2v) is 6.05. The second-order valence-electron chi connectivity index (χ2n) is 5.65. The molecule has 0 fully saturated rings. The summed E-state index contributed by atoms with van der Waals surface area (Å²) in [6, 6.07) is 15.1. The molecule has 130 valence electrons. The van der Waals surface area contributed by atoms with E-state index in [1.165, 1.54) is 6.08 Å². The van der Waals surface area contributed by atoms with Crippen molar-refractivity contribution >= 4 is 29.5 Å². The molecule has 2 aromatic carbocycles. The number of hydrogen-bond donors (Lipinski definition) is 2. The van der Waals surface area contributed by atoms with Crippen LogP contribution in [-0.2, 0) is 16.0 Å². The quantitative estimate of drug-likeness (QED) is 0.591. The van der Waals surface area contributed by atoms with Crippen LogP contribution in [0, 0.1) is 6.92 Å². The SMILES string of the molecule is Cc1ccc(/C=C/C(=O)NCCNC(=O)Cc2ccccc2)cc1Cl. The third-order valence-electron chi connectivity index (χ3n) is 3.58. The van der Waals surface area contributed by atoms with Crippen LogP contribution in [0.1, 0.15) is 16.7 Å². The van der Waals surface area contributed by atoms with Gasteiger partial charge in [-0.25, -0.2) is 0 Å². The molecule has 0 bridgehead atoms. The molecule has 5 heteroatoms. The highest BCUT2D eigenvalue weighted by atomic mass is 35.5. The number of rotatable bonds is 7. The summed E-state index contributed by atoms with van der Waals surface area (Å²) in [7, 11) is 0. The molecule has 2 aromatic rings. The standard InChI is InChI=1S/C20H21ClN2O2/c1-15-7-8-17(13-18(15)21)9-10-19(24)22-11-12-23-20(25)14-16-5-3-2-4-6-16/h2-10,13H,11-12,14H2,1H3,(H,22,24)(H,23,25)/b10-9+. The Labute approximate surface area is 152 Å². The molecule has 2 rings (SSSR count). The smallest absolute Gasteiger partial charge is 0.244 e. The van der Waals surface area contributed by atoms with Crippen LogP contribution in [0.5, 0.6) is 0 Å². The van der Waals surface area contributed by atoms with E-state index < -0.39 is 0 Å². The van der Waals surface area contributed by atoms with Crippen LogP contribution < -0.4 is 10.6 Å². The summed E-state index contributed by atoms with van der Waals surface area (Å²) in [5, 5.41) is 6.17. The van der Waals surface area contributed by atoms with E-state index in [0.717, 1.165) is 16.7 Å². The van der Waals surface area contributed by atoms with Gasteiger partial charge in [-0.3, -0.25) is 9.59 Å². The zero-order chi connectivity index (χ0) is 18.1. The number of aryl methyl sites for hydroxylation is 1. The fraction of sp³-hybridized carbons (Fsp3) is 0.200. The number of benzene rings is 2. The van der Waals surface area contributed by atoms with E-state index >= 15 is 0 Å². The zero-order valence-corrected chi connectivity index (χ0v) is 14.8. The van der Waals surface area contributed by atoms with Crippen molar-refractivity contribution < 1.29 is 9.59 Å². The van der Waals surface area contributed by atoms with Gasteiger partial charge in [0, 0.05) is 24.2 Å². The van der Waals surface area contributed by atoms with Gasteiger partial charge in [-0.15, -0.1) is 0 Å². The maximum absolute atomic E-state index is 11.8. The first-order valence-corrected chi connectivity index (χ1v) is 8.45. The van der Waals surface area contributed by atoms with Crippen molar-refractivity contribution in [2.75, 3.05) is 13.1 Å². The molecule has 0 saturated carbocycles. The Hall–Kier alpha value is -2.59. The van der Waals surface area contributed by atoms with Gasteiger partial charge < -0.3 is 10.6 Å². The molecule has 0 unspecified atom stereocenters. The van der Waals surface area contributed by atoms with Crippen molar-refractivity contribution in [1.82, 2.24) is 10.6 Å². The lowest BCUT2D eigenvalue weighted by Gasteiger charge is -2.06. The van der Waals surface area contributed by atoms with Gasteiger partial charge in [0.05, 0.1) is 6.42 Å². The minimum absolute atomic E-state index is 0.0645. The molecule has 0 spiro atoms. The van der Waals surface area contributed by atoms with E-state index in [1.807, 2.05) is 55.5 Å². The van der Waals surface area contributed by atoms with Crippen LogP contribution >= 0.6 is 11.6 Å². The number of carbonyl (C=O) groups is 2. The largest absolute Gasteiger partial charge is 0.354 e. The molecule has 0 aliphatic carbocycles. The topological polar surface area (TPSA) is 58.2 Å². The van der Waals surface area contributed by atoms with Crippen LogP contribution in [0.15, 0.2) is 54.6 Å². The molecular weight excluding hydrogens is 336 g/mol. The third kappa shape index (κ3) is 6.81. The van der Waals surface area contributed by atoms with Crippen molar-refractivity contribution in [3.63, 3.8) is 0 Å². The zero-order valence-electron chi connectivity index (χ0n) is 14.1. The van der Waals surface area contributed by atoms with E-state index in [2.05, 4.69) is 10.6 Å². The maximum Gasteiger partial charge on any atom is 0.244 e. The van der Waals surface area contributed by atoms with E-state index in [9.17, 15) is 9.59 Å². The summed E-state index contributed by atoms with van der Waals surface area (Å²) in [6.07, 6.45) is 3.49. The number of nitrogens with one attached hydrogen (secondary N) is 2. The summed E-state index contributed by atoms with van der Waals surface area (Å²) in [5.41, 5.74) is 2.82. The van der Waals surface area contributed by atoms with Gasteiger partial charge in [-0.2, -0.15) is 0 Å². The van der Waals surface area contributed by atoms with Crippen molar-refractivity contribution in [3.05, 3.63) is 76.3 Å². The number of hydrogen-bond acceptors (Lipinski definition) is 2. The highest BCUT2D eigenvalue weighted by molar-refractivity contribution is 6.31. The molecule has 0 aliphatic heterocycles. The number of halogens is 1. The molecule has 0 radical (unpaired) electrons. The molecule has 0 atom stereocenters. The Morgan fingerprint density at radius 2 is 1.76 bits per heavy atom. The van der Waals surface area contributed by atoms with Crippen LogP contribution in [0.3, 0.4) is 0 Å². The third-order valence-corrected chi connectivity index (χ3v) is 3.98. The van der Waals surface area contributed by atoms with Crippen LogP contribution in [0.25, 0.3) is 6.08 Å². The van der Waals surface area contributed by atoms with Crippen molar-refractivity contribution in [3.8, 4) is 0 Å². The lowest BCUT2D eigenvalue weighted by molar-refractivity contribution is -0.121. The fourth-order valence-corrected chi connectivity index (χ4v) is 2.36. The molecule has 2 amide bonds. The average Bonchev–Trinajstić information content (AvgIpc) is 2.60. The summed E-state index contributed by atoms with van der Waals surface area (Å²) in [6.45, 7) is 2.69. The van der Waals surface area contributed by atoms with Gasteiger partial charge in [0.15, 0.2) is 0 Å². The molecule has 0 heterocycles. The first-order valence-electron chi connectivity index (χ1n) is 8.07. The lowest BCUT2D eigenvalue weighted by atomic mass is 10.1. The van der Waals surface area contributed by atoms with Gasteiger partial charge in [0.1, 0.15) is 0 Å². The van der Waals surface area contributed by atoms with Crippen molar-refractivity contribution in [2.24, 2.45) is 0 Å². The summed E-state index contributed by atoms with van der Waals surface area (Å²) in [5.74, 6) is -0.278. The molecular formula is C20H21ClN2O2. The van der Waals surface area contributed by atoms with Crippen molar-refractivity contribution in [1.29, 1.82) is 0 Å². The maximum atomic E-state index is 11.8. The minimum Gasteiger partial charge on any atom is -0.354 e. The van der Waals surface area contributed by atoms with E-state index in [-0.39, 0.29) is 11.8 Å². The predicted octanol–water partition coefficient (Wildman–Crippen LogP) is 3.14. The molecule has 0 aromatic heterocycles. The van der Waals surface area contributed by atoms with Crippen LogP contribution in [-0.4, -0.2) is 24.9 Å². The summed E-state index contributed by atoms with van der Waals surface area (Å²) in [4.78, 5) is 23.5. The highest BCUT2D eigenvalue weighted by Gasteiger charge is 2.02. The molecule has 25 heavy (non-hydrogen) atoms. The summed E-state index contributed by atoms with van der Waals surface area (Å²) < 4.78 is 0. The molecule has 0 aliphatic rings. The Morgan fingerprint density at radius 3 is 2.48 bits per heavy atom. The van der Waals surface area contributed by atoms with Crippen molar-refractivity contribution in [2.45, 2.75) is 13.3 Å². The molecule has 2 N–H and O–H groups in total. The monoisotopic (exact) mass is 356 g/mol. The number of amides is 2. The lowest BCUT2D eigenvalue weighted by Crippen LogP contribution is -2.34. The van der Waals surface area contributed by atoms with Gasteiger partial charge >= 0.3 is 0 Å². The Balaban J connectivity index is 1.67. The van der Waals surface area contributed by atoms with Crippen LogP contribution in [0.2, 0.25) is 5.02 Å². The first kappa shape index (κ1) is 18.7. The summed E-state index contributed by atoms with van der Waals surface area (Å²) >= 11 is 6.04. The van der Waals surface area contributed by atoms with Gasteiger partial charge in [-0.1, -0.05) is 54.1 Å². The molecule has 4 nitrogen and oxygen atoms in total. The van der Waals surface area contributed by atoms with E-state index in [4.69, 9.17) is 11.6 Å². The van der Waals surface area contributed by atoms with Gasteiger partial charge in [0.2, 0.25) is 11.8 Å². The highest BCUT2D eigenvalue weighted by Crippen LogP contribution is 2.17. The predicted molar refractivity (Wildman–Crippen MR) is 101 cm³/mol. The van der Waals surface area contributed by atoms with Gasteiger partial charge in [-0.05, 0) is 35.8 Å². The first-order chi connectivity index (χ1) is 12.0. The Kier molecular flexibility index (Phi) is 7.23. The average molecular weight is 357 g/mol. The normalized spacial score (nSPS) is 10.6. The fourth-order valence-electron chi connectivity index (χ4n) is 2.17. The second kappa shape index (κ2) is 9.64.